The summed E-state index contributed by atoms with van der Waals surface area (Å²) < 4.78 is 23.7. The molecule has 194 valence electrons. The van der Waals surface area contributed by atoms with Crippen LogP contribution in [0.25, 0.3) is 0 Å². The van der Waals surface area contributed by atoms with Crippen molar-refractivity contribution in [2.75, 3.05) is 31.6 Å². The van der Waals surface area contributed by atoms with Gasteiger partial charge in [0, 0.05) is 43.5 Å². The van der Waals surface area contributed by atoms with Gasteiger partial charge in [0.1, 0.15) is 5.75 Å². The van der Waals surface area contributed by atoms with E-state index in [2.05, 4.69) is 17.9 Å². The average molecular weight is 504 g/mol. The van der Waals surface area contributed by atoms with Crippen molar-refractivity contribution in [2.45, 2.75) is 76.3 Å². The Morgan fingerprint density at radius 2 is 1.71 bits per heavy atom. The summed E-state index contributed by atoms with van der Waals surface area (Å²) in [6, 6.07) is 8.64. The molecule has 2 aliphatic heterocycles. The fourth-order valence-corrected chi connectivity index (χ4v) is 7.18. The fourth-order valence-electron chi connectivity index (χ4n) is 6.55. The highest BCUT2D eigenvalue weighted by Gasteiger charge is 2.41. The minimum atomic E-state index is -3.36. The molecule has 2 heterocycles. The Hall–Kier alpha value is -1.93. The third kappa shape index (κ3) is 6.85. The molecule has 35 heavy (non-hydrogen) atoms. The Kier molecular flexibility index (Phi) is 8.21. The van der Waals surface area contributed by atoms with Crippen LogP contribution < -0.4 is 5.73 Å². The van der Waals surface area contributed by atoms with Crippen LogP contribution in [0.15, 0.2) is 24.3 Å². The number of piperidine rings is 1. The number of amides is 2. The summed E-state index contributed by atoms with van der Waals surface area (Å²) in [5, 5.41) is 0. The van der Waals surface area contributed by atoms with Crippen molar-refractivity contribution < 1.29 is 18.0 Å². The van der Waals surface area contributed by atoms with Gasteiger partial charge in [-0.15, -0.1) is 0 Å². The van der Waals surface area contributed by atoms with Crippen LogP contribution in [-0.4, -0.2) is 73.8 Å². The maximum atomic E-state index is 13.0. The largest absolute Gasteiger partial charge is 0.366 e. The van der Waals surface area contributed by atoms with Gasteiger partial charge in [-0.3, -0.25) is 14.5 Å². The van der Waals surface area contributed by atoms with E-state index in [9.17, 15) is 18.0 Å². The fraction of sp³-hybridized carbons (Fsp3) is 0.704. The Labute approximate surface area is 210 Å². The molecular weight excluding hydrogens is 462 g/mol. The number of sulfone groups is 1. The zero-order chi connectivity index (χ0) is 25.2. The van der Waals surface area contributed by atoms with Crippen LogP contribution >= 0.6 is 0 Å². The molecule has 2 amide bonds. The maximum absolute atomic E-state index is 13.0. The lowest BCUT2D eigenvalue weighted by Gasteiger charge is -2.40. The standard InChI is InChI=1S/C27H41N3O4S/c1-19-6-8-20(9-7-19)17-29(26(31)18-35(2,33)34)12-13-30-24-10-11-25(30)16-23(15-24)21-4-3-5-22(14-21)27(28)32/h3-5,14,19-20,23-25H,6-13,15-18H2,1-2H3,(H2,28,32)/t19?,20?,23-,24+,25-. The molecule has 1 saturated carbocycles. The van der Waals surface area contributed by atoms with Crippen LogP contribution in [0, 0.1) is 11.8 Å². The van der Waals surface area contributed by atoms with Crippen molar-refractivity contribution in [3.63, 3.8) is 0 Å². The molecule has 2 saturated heterocycles. The predicted molar refractivity (Wildman–Crippen MR) is 138 cm³/mol. The number of nitrogens with zero attached hydrogens (tertiary/aromatic N) is 2. The molecule has 2 N–H and O–H groups in total. The number of hydrogen-bond donors (Lipinski definition) is 1. The third-order valence-electron chi connectivity index (χ3n) is 8.51. The number of nitrogens with two attached hydrogens (primary N) is 1. The van der Waals surface area contributed by atoms with E-state index in [4.69, 9.17) is 5.73 Å². The minimum Gasteiger partial charge on any atom is -0.366 e. The van der Waals surface area contributed by atoms with Gasteiger partial charge in [0.2, 0.25) is 11.8 Å². The Morgan fingerprint density at radius 3 is 2.31 bits per heavy atom. The normalized spacial score (nSPS) is 29.1. The predicted octanol–water partition coefficient (Wildman–Crippen LogP) is 3.20. The number of primary amides is 1. The first kappa shape index (κ1) is 26.1. The molecule has 8 heteroatoms. The van der Waals surface area contributed by atoms with Crippen LogP contribution in [0.5, 0.6) is 0 Å². The van der Waals surface area contributed by atoms with Crippen molar-refractivity contribution in [1.82, 2.24) is 9.80 Å². The second kappa shape index (κ2) is 11.0. The monoisotopic (exact) mass is 503 g/mol. The number of carbonyl (C=O) groups excluding carboxylic acids is 2. The van der Waals surface area contributed by atoms with Gasteiger partial charge in [0.25, 0.3) is 0 Å². The maximum Gasteiger partial charge on any atom is 0.248 e. The zero-order valence-corrected chi connectivity index (χ0v) is 22.0. The van der Waals surface area contributed by atoms with Crippen molar-refractivity contribution in [3.05, 3.63) is 35.4 Å². The van der Waals surface area contributed by atoms with E-state index in [1.54, 1.807) is 6.07 Å². The molecule has 0 aromatic heterocycles. The molecule has 2 bridgehead atoms. The van der Waals surface area contributed by atoms with Crippen molar-refractivity contribution in [3.8, 4) is 0 Å². The highest BCUT2D eigenvalue weighted by Crippen LogP contribution is 2.43. The number of hydrogen-bond acceptors (Lipinski definition) is 5. The van der Waals surface area contributed by atoms with Crippen LogP contribution in [0.2, 0.25) is 0 Å². The Morgan fingerprint density at radius 1 is 1.06 bits per heavy atom. The number of fused-ring (bicyclic) bond motifs is 2. The van der Waals surface area contributed by atoms with Gasteiger partial charge in [-0.2, -0.15) is 0 Å². The lowest BCUT2D eigenvalue weighted by atomic mass is 9.83. The summed E-state index contributed by atoms with van der Waals surface area (Å²) in [4.78, 5) is 29.0. The van der Waals surface area contributed by atoms with Gasteiger partial charge in [-0.25, -0.2) is 8.42 Å². The number of carbonyl (C=O) groups is 2. The van der Waals surface area contributed by atoms with Gasteiger partial charge < -0.3 is 10.6 Å². The molecule has 0 radical (unpaired) electrons. The number of rotatable bonds is 9. The molecule has 7 nitrogen and oxygen atoms in total. The summed E-state index contributed by atoms with van der Waals surface area (Å²) >= 11 is 0. The lowest BCUT2D eigenvalue weighted by Crippen LogP contribution is -2.48. The summed E-state index contributed by atoms with van der Waals surface area (Å²) in [6.45, 7) is 4.34. The topological polar surface area (TPSA) is 101 Å². The third-order valence-corrected chi connectivity index (χ3v) is 9.28. The molecule has 3 aliphatic rings. The Bertz CT molecular complexity index is 1010. The Balaban J connectivity index is 1.39. The first-order chi connectivity index (χ1) is 16.6. The van der Waals surface area contributed by atoms with Crippen LogP contribution in [-0.2, 0) is 14.6 Å². The van der Waals surface area contributed by atoms with Gasteiger partial charge in [0.15, 0.2) is 9.84 Å². The van der Waals surface area contributed by atoms with Gasteiger partial charge >= 0.3 is 0 Å². The van der Waals surface area contributed by atoms with E-state index in [0.29, 0.717) is 42.6 Å². The van der Waals surface area contributed by atoms with E-state index >= 15 is 0 Å². The van der Waals surface area contributed by atoms with Crippen molar-refractivity contribution >= 4 is 21.7 Å². The molecule has 4 rings (SSSR count). The van der Waals surface area contributed by atoms with Gasteiger partial charge in [0.05, 0.1) is 0 Å². The first-order valence-corrected chi connectivity index (χ1v) is 15.3. The smallest absolute Gasteiger partial charge is 0.248 e. The molecule has 1 aliphatic carbocycles. The first-order valence-electron chi connectivity index (χ1n) is 13.2. The highest BCUT2D eigenvalue weighted by molar-refractivity contribution is 7.91. The van der Waals surface area contributed by atoms with Crippen LogP contribution in [0.3, 0.4) is 0 Å². The van der Waals surface area contributed by atoms with E-state index < -0.39 is 21.5 Å². The summed E-state index contributed by atoms with van der Waals surface area (Å²) in [5.74, 6) is 0.577. The zero-order valence-electron chi connectivity index (χ0n) is 21.2. The van der Waals surface area contributed by atoms with E-state index in [1.165, 1.54) is 18.4 Å². The molecule has 1 aromatic rings. The second-order valence-electron chi connectivity index (χ2n) is 11.3. The summed E-state index contributed by atoms with van der Waals surface area (Å²) in [5.41, 5.74) is 7.24. The SMILES string of the molecule is CC1CCC(CN(CCN2[C@@H]3CC[C@H]2C[C@@H](c2cccc(C(N)=O)c2)C3)C(=O)CS(C)(=O)=O)CC1. The molecule has 0 spiro atoms. The van der Waals surface area contributed by atoms with E-state index in [-0.39, 0.29) is 5.91 Å². The number of benzene rings is 1. The molecule has 3 fully saturated rings. The van der Waals surface area contributed by atoms with Crippen molar-refractivity contribution in [2.24, 2.45) is 17.6 Å². The summed E-state index contributed by atoms with van der Waals surface area (Å²) in [7, 11) is -3.36. The molecule has 1 aromatic carbocycles. The average Bonchev–Trinajstić information content (AvgIpc) is 3.03. The highest BCUT2D eigenvalue weighted by atomic mass is 32.2. The molecule has 3 atom stereocenters. The second-order valence-corrected chi connectivity index (χ2v) is 13.5. The van der Waals surface area contributed by atoms with Gasteiger partial charge in [-0.05, 0) is 74.0 Å². The van der Waals surface area contributed by atoms with E-state index in [0.717, 1.165) is 57.2 Å². The van der Waals surface area contributed by atoms with Crippen molar-refractivity contribution in [1.29, 1.82) is 0 Å². The lowest BCUT2D eigenvalue weighted by molar-refractivity contribution is -0.129. The summed E-state index contributed by atoms with van der Waals surface area (Å²) in [6.07, 6.45) is 10.1. The van der Waals surface area contributed by atoms with Crippen LogP contribution in [0.1, 0.15) is 80.1 Å². The van der Waals surface area contributed by atoms with E-state index in [1.807, 2.05) is 17.0 Å². The van der Waals surface area contributed by atoms with Gasteiger partial charge in [-0.1, -0.05) is 31.9 Å². The molecule has 0 unspecified atom stereocenters. The molecular formula is C27H41N3O4S. The quantitative estimate of drug-likeness (QED) is 0.558. The minimum absolute atomic E-state index is 0.253. The van der Waals surface area contributed by atoms with Crippen LogP contribution in [0.4, 0.5) is 0 Å².